The summed E-state index contributed by atoms with van der Waals surface area (Å²) in [6, 6.07) is 6.76. The van der Waals surface area contributed by atoms with Crippen LogP contribution in [0.1, 0.15) is 15.9 Å². The van der Waals surface area contributed by atoms with Crippen molar-refractivity contribution in [3.8, 4) is 0 Å². The Bertz CT molecular complexity index is 738. The summed E-state index contributed by atoms with van der Waals surface area (Å²) in [6.07, 6.45) is 3.14. The predicted octanol–water partition coefficient (Wildman–Crippen LogP) is 3.11. The van der Waals surface area contributed by atoms with Crippen molar-refractivity contribution in [1.82, 2.24) is 9.80 Å². The highest BCUT2D eigenvalue weighted by Gasteiger charge is 2.25. The minimum Gasteiger partial charge on any atom is -0.472 e. The molecule has 7 heteroatoms. The van der Waals surface area contributed by atoms with Crippen molar-refractivity contribution in [3.63, 3.8) is 0 Å². The number of amides is 2. The molecule has 2 heterocycles. The van der Waals surface area contributed by atoms with E-state index in [4.69, 9.17) is 27.6 Å². The van der Waals surface area contributed by atoms with Crippen LogP contribution in [0.25, 0.3) is 0 Å². The highest BCUT2D eigenvalue weighted by atomic mass is 35.5. The Morgan fingerprint density at radius 1 is 1.04 bits per heavy atom. The van der Waals surface area contributed by atoms with Gasteiger partial charge in [0.25, 0.3) is 5.91 Å². The molecule has 5 nitrogen and oxygen atoms in total. The van der Waals surface area contributed by atoms with Crippen LogP contribution >= 0.6 is 23.2 Å². The highest BCUT2D eigenvalue weighted by Crippen LogP contribution is 2.22. The maximum absolute atomic E-state index is 12.4. The molecule has 0 radical (unpaired) electrons. The third-order valence-corrected chi connectivity index (χ3v) is 4.63. The van der Waals surface area contributed by atoms with E-state index >= 15 is 0 Å². The summed E-state index contributed by atoms with van der Waals surface area (Å²) in [5.74, 6) is -0.0776. The second-order valence-electron chi connectivity index (χ2n) is 5.60. The van der Waals surface area contributed by atoms with E-state index in [0.29, 0.717) is 41.8 Å². The van der Waals surface area contributed by atoms with Crippen LogP contribution < -0.4 is 0 Å². The minimum atomic E-state index is -0.0726. The van der Waals surface area contributed by atoms with Gasteiger partial charge in [0.15, 0.2) is 0 Å². The first-order chi connectivity index (χ1) is 11.5. The summed E-state index contributed by atoms with van der Waals surface area (Å²) >= 11 is 12.0. The lowest BCUT2D eigenvalue weighted by molar-refractivity contribution is -0.131. The van der Waals surface area contributed by atoms with Crippen LogP contribution in [0.4, 0.5) is 0 Å². The first kappa shape index (κ1) is 16.9. The van der Waals surface area contributed by atoms with Gasteiger partial charge in [0, 0.05) is 36.2 Å². The Morgan fingerprint density at radius 3 is 2.38 bits per heavy atom. The zero-order valence-electron chi connectivity index (χ0n) is 12.9. The lowest BCUT2D eigenvalue weighted by Crippen LogP contribution is -2.50. The monoisotopic (exact) mass is 366 g/mol. The van der Waals surface area contributed by atoms with Crippen LogP contribution in [-0.4, -0.2) is 47.8 Å². The van der Waals surface area contributed by atoms with Gasteiger partial charge in [-0.3, -0.25) is 9.59 Å². The molecule has 1 aromatic carbocycles. The molecule has 2 aromatic rings. The fourth-order valence-corrected chi connectivity index (χ4v) is 3.14. The summed E-state index contributed by atoms with van der Waals surface area (Å²) in [5.41, 5.74) is 1.28. The molecule has 24 heavy (non-hydrogen) atoms. The summed E-state index contributed by atoms with van der Waals surface area (Å²) in [4.78, 5) is 28.1. The molecule has 1 aromatic heterocycles. The highest BCUT2D eigenvalue weighted by molar-refractivity contribution is 6.35. The lowest BCUT2D eigenvalue weighted by atomic mass is 10.1. The molecule has 0 spiro atoms. The third kappa shape index (κ3) is 3.74. The largest absolute Gasteiger partial charge is 0.472 e. The van der Waals surface area contributed by atoms with Crippen molar-refractivity contribution in [1.29, 1.82) is 0 Å². The number of benzene rings is 1. The van der Waals surface area contributed by atoms with Gasteiger partial charge in [-0.1, -0.05) is 29.3 Å². The number of furan rings is 1. The van der Waals surface area contributed by atoms with E-state index in [1.807, 2.05) is 0 Å². The zero-order chi connectivity index (χ0) is 17.1. The van der Waals surface area contributed by atoms with Crippen LogP contribution in [0.3, 0.4) is 0 Å². The molecule has 0 aliphatic carbocycles. The molecule has 0 saturated carbocycles. The van der Waals surface area contributed by atoms with Crippen LogP contribution in [0.2, 0.25) is 10.0 Å². The summed E-state index contributed by atoms with van der Waals surface area (Å²) in [6.45, 7) is 2.02. The number of halogens is 2. The summed E-state index contributed by atoms with van der Waals surface area (Å²) in [7, 11) is 0. The van der Waals surface area contributed by atoms with Gasteiger partial charge < -0.3 is 14.2 Å². The molecule has 3 rings (SSSR count). The molecular weight excluding hydrogens is 351 g/mol. The number of hydrogen-bond donors (Lipinski definition) is 0. The molecule has 0 unspecified atom stereocenters. The maximum atomic E-state index is 12.4. The van der Waals surface area contributed by atoms with Crippen LogP contribution in [0, 0.1) is 0 Å². The van der Waals surface area contributed by atoms with Crippen LogP contribution in [-0.2, 0) is 11.2 Å². The van der Waals surface area contributed by atoms with E-state index in [2.05, 4.69) is 0 Å². The van der Waals surface area contributed by atoms with Crippen LogP contribution in [0.15, 0.2) is 41.2 Å². The molecule has 2 amide bonds. The zero-order valence-corrected chi connectivity index (χ0v) is 14.4. The van der Waals surface area contributed by atoms with Crippen LogP contribution in [0.5, 0.6) is 0 Å². The lowest BCUT2D eigenvalue weighted by Gasteiger charge is -2.34. The quantitative estimate of drug-likeness (QED) is 0.838. The van der Waals surface area contributed by atoms with Gasteiger partial charge in [-0.15, -0.1) is 0 Å². The second-order valence-corrected chi connectivity index (χ2v) is 6.44. The maximum Gasteiger partial charge on any atom is 0.257 e. The number of carbonyl (C=O) groups is 2. The number of rotatable bonds is 3. The van der Waals surface area contributed by atoms with E-state index in [-0.39, 0.29) is 18.2 Å². The fourth-order valence-electron chi connectivity index (χ4n) is 2.67. The average Bonchev–Trinajstić information content (AvgIpc) is 3.11. The molecule has 0 bridgehead atoms. The van der Waals surface area contributed by atoms with Gasteiger partial charge in [0.05, 0.1) is 18.2 Å². The molecular formula is C17H16Cl2N2O3. The molecule has 0 N–H and O–H groups in total. The first-order valence-electron chi connectivity index (χ1n) is 7.58. The molecule has 1 saturated heterocycles. The van der Waals surface area contributed by atoms with Crippen molar-refractivity contribution >= 4 is 35.0 Å². The predicted molar refractivity (Wildman–Crippen MR) is 91.4 cm³/mol. The number of hydrogen-bond acceptors (Lipinski definition) is 3. The Labute approximate surface area is 149 Å². The van der Waals surface area contributed by atoms with E-state index in [0.717, 1.165) is 5.56 Å². The van der Waals surface area contributed by atoms with Gasteiger partial charge in [0.1, 0.15) is 6.26 Å². The Balaban J connectivity index is 1.56. The standard InChI is InChI=1S/C17H16Cl2N2O3/c18-14-2-1-12(15(19)10-14)9-16(22)20-4-6-21(7-5-20)17(23)13-3-8-24-11-13/h1-3,8,10-11H,4-7,9H2. The average molecular weight is 367 g/mol. The number of nitrogens with zero attached hydrogens (tertiary/aromatic N) is 2. The van der Waals surface area contributed by atoms with Gasteiger partial charge in [-0.25, -0.2) is 0 Å². The van der Waals surface area contributed by atoms with E-state index in [9.17, 15) is 9.59 Å². The summed E-state index contributed by atoms with van der Waals surface area (Å²) < 4.78 is 4.94. The molecule has 1 aliphatic rings. The van der Waals surface area contributed by atoms with Gasteiger partial charge in [-0.2, -0.15) is 0 Å². The second kappa shape index (κ2) is 7.28. The topological polar surface area (TPSA) is 53.8 Å². The summed E-state index contributed by atoms with van der Waals surface area (Å²) in [5, 5.41) is 1.03. The Hall–Kier alpha value is -1.98. The van der Waals surface area contributed by atoms with E-state index in [1.165, 1.54) is 12.5 Å². The van der Waals surface area contributed by atoms with Crippen molar-refractivity contribution in [2.45, 2.75) is 6.42 Å². The van der Waals surface area contributed by atoms with E-state index < -0.39 is 0 Å². The molecule has 1 fully saturated rings. The van der Waals surface area contributed by atoms with Crippen molar-refractivity contribution in [2.24, 2.45) is 0 Å². The fraction of sp³-hybridized carbons (Fsp3) is 0.294. The Morgan fingerprint density at radius 2 is 1.75 bits per heavy atom. The SMILES string of the molecule is O=C(Cc1ccc(Cl)cc1Cl)N1CCN(C(=O)c2ccoc2)CC1. The molecule has 126 valence electrons. The van der Waals surface area contributed by atoms with E-state index in [1.54, 1.807) is 34.1 Å². The number of carbonyl (C=O) groups excluding carboxylic acids is 2. The van der Waals surface area contributed by atoms with Gasteiger partial charge >= 0.3 is 0 Å². The normalized spacial score (nSPS) is 14.8. The molecule has 0 atom stereocenters. The Kier molecular flexibility index (Phi) is 5.11. The van der Waals surface area contributed by atoms with Crippen molar-refractivity contribution < 1.29 is 14.0 Å². The third-order valence-electron chi connectivity index (χ3n) is 4.04. The van der Waals surface area contributed by atoms with Crippen molar-refractivity contribution in [2.75, 3.05) is 26.2 Å². The van der Waals surface area contributed by atoms with Gasteiger partial charge in [-0.05, 0) is 23.8 Å². The minimum absolute atomic E-state index is 0.00497. The number of piperazine rings is 1. The first-order valence-corrected chi connectivity index (χ1v) is 8.33. The van der Waals surface area contributed by atoms with Crippen molar-refractivity contribution in [3.05, 3.63) is 58.0 Å². The molecule has 1 aliphatic heterocycles. The van der Waals surface area contributed by atoms with Gasteiger partial charge in [0.2, 0.25) is 5.91 Å². The smallest absolute Gasteiger partial charge is 0.257 e.